The Bertz CT molecular complexity index is 387. The van der Waals surface area contributed by atoms with Gasteiger partial charge in [-0.3, -0.25) is 0 Å². The van der Waals surface area contributed by atoms with E-state index < -0.39 is 95.9 Å². The fraction of sp³-hybridized carbons (Fsp3) is 1.00. The maximum atomic E-state index is 6.12. The summed E-state index contributed by atoms with van der Waals surface area (Å²) < 4.78 is 0. The summed E-state index contributed by atoms with van der Waals surface area (Å²) in [4.78, 5) is 0. The van der Waals surface area contributed by atoms with Crippen molar-refractivity contribution in [1.29, 1.82) is 0 Å². The lowest BCUT2D eigenvalue weighted by atomic mass is 8.34. The highest BCUT2D eigenvalue weighted by molar-refractivity contribution is 8.24. The van der Waals surface area contributed by atoms with Gasteiger partial charge < -0.3 is 0 Å². The Morgan fingerprint density at radius 1 is 0.303 bits per heavy atom. The second-order valence-corrected chi connectivity index (χ2v) is 9.16. The Morgan fingerprint density at radius 3 is 0.545 bits per heavy atom. The second-order valence-electron chi connectivity index (χ2n) is 9.16. The normalized spacial score (nSPS) is 9.61. The molecule has 0 fully saturated rings. The average Bonchev–Trinajstić information content (AvgIpc) is 2.59. The first-order valence-corrected chi connectivity index (χ1v) is 11.1. The van der Waals surface area contributed by atoms with Crippen molar-refractivity contribution in [1.82, 2.24) is 0 Å². The Balaban J connectivity index is 7.25. The molecule has 32 radical (unpaired) electrons. The van der Waals surface area contributed by atoms with Gasteiger partial charge in [0.1, 0.15) is 0 Å². The van der Waals surface area contributed by atoms with Gasteiger partial charge in [-0.05, 0) is 0 Å². The van der Waals surface area contributed by atoms with Gasteiger partial charge in [0.15, 0.2) is 0 Å². The SMILES string of the molecule is [B]B([B])B(B([B])[B])B(B(CC)B(B(B([B])[B])B([B])[B])B(B([B])[B])B([B])[B])B(B([B])[B])B([B])[B]. The monoisotopic (exact) mass is 370 g/mol. The standard InChI is InChI=1S/C2H5B31/c1-2-19(28(30(20(3)4)21(5)6)31(22(7)8)23(9)10)29(32(24(11)12)25(13)14)33(26(15)16)27(17)18/h2H2,1H3. The largest absolute Gasteiger partial charge is 0.0930 e. The van der Waals surface area contributed by atoms with Crippen molar-refractivity contribution in [3.05, 3.63) is 0 Å². The third kappa shape index (κ3) is 9.68. The summed E-state index contributed by atoms with van der Waals surface area (Å²) in [6.07, 6.45) is -11.8. The molecule has 0 spiro atoms. The first-order chi connectivity index (χ1) is 15.0. The molecule has 0 aromatic heterocycles. The van der Waals surface area contributed by atoms with E-state index in [2.05, 4.69) is 0 Å². The molecule has 33 heavy (non-hydrogen) atoms. The average molecular weight is 364 g/mol. The predicted molar refractivity (Wildman–Crippen MR) is 189 cm³/mol. The third-order valence-corrected chi connectivity index (χ3v) is 6.79. The predicted octanol–water partition coefficient (Wildman–Crippen LogP) is -10.8. The molecule has 0 rings (SSSR count). The van der Waals surface area contributed by atoms with E-state index in [0.29, 0.717) is 6.32 Å². The number of hydrogen-bond acceptors (Lipinski definition) is 0. The molecule has 0 aliphatic carbocycles. The lowest BCUT2D eigenvalue weighted by molar-refractivity contribution is 1.46. The van der Waals surface area contributed by atoms with Crippen LogP contribution in [0, 0.1) is 0 Å². The van der Waals surface area contributed by atoms with Gasteiger partial charge in [0.05, 0.1) is 0 Å². The Kier molecular flexibility index (Phi) is 17.1. The molecule has 0 heterocycles. The molecule has 0 unspecified atom stereocenters. The number of rotatable bonds is 15. The Hall–Kier alpha value is 2.01. The van der Waals surface area contributed by atoms with Gasteiger partial charge in [0.2, 0.25) is 0 Å². The molecule has 31 heteroatoms. The van der Waals surface area contributed by atoms with Crippen LogP contribution >= 0.6 is 0 Å². The van der Waals surface area contributed by atoms with Gasteiger partial charge in [0.25, 0.3) is 0 Å². The molecule has 0 nitrogen and oxygen atoms in total. The molecule has 0 saturated carbocycles. The zero-order chi connectivity index (χ0) is 26.4. The van der Waals surface area contributed by atoms with Gasteiger partial charge in [-0.15, -0.1) is 0 Å². The maximum Gasteiger partial charge on any atom is 0.0448 e. The lowest BCUT2D eigenvalue weighted by Gasteiger charge is -2.49. The smallest absolute Gasteiger partial charge is 0.0448 e. The molecule has 0 N–H and O–H groups in total. The summed E-state index contributed by atoms with van der Waals surface area (Å²) in [5.74, 6) is 0. The summed E-state index contributed by atoms with van der Waals surface area (Å²) >= 11 is 0. The van der Waals surface area contributed by atoms with Gasteiger partial charge in [0, 0.05) is 220 Å². The van der Waals surface area contributed by atoms with E-state index in [1.165, 1.54) is 0 Å². The van der Waals surface area contributed by atoms with E-state index in [4.69, 9.17) is 124 Å². The maximum absolute atomic E-state index is 6.12. The van der Waals surface area contributed by atoms with E-state index in [1.54, 1.807) is 0 Å². The zero-order valence-corrected chi connectivity index (χ0v) is 19.6. The molecule has 0 aliphatic heterocycles. The molecule has 106 valence electrons. The minimum atomic E-state index is -0.988. The van der Waals surface area contributed by atoms with Crippen molar-refractivity contribution >= 4 is 220 Å². The molecule has 0 aromatic rings. The van der Waals surface area contributed by atoms with Gasteiger partial charge >= 0.3 is 0 Å². The molecule has 0 saturated heterocycles. The van der Waals surface area contributed by atoms with E-state index >= 15 is 0 Å². The zero-order valence-electron chi connectivity index (χ0n) is 19.6. The highest BCUT2D eigenvalue weighted by Crippen LogP contribution is 2.17. The summed E-state index contributed by atoms with van der Waals surface area (Å²) in [5.41, 5.74) is 0. The highest BCUT2D eigenvalue weighted by atomic mass is 13.5. The molecule has 0 amide bonds. The van der Waals surface area contributed by atoms with Crippen LogP contribution in [0.4, 0.5) is 0 Å². The topological polar surface area (TPSA) is 0 Å². The molecule has 0 bridgehead atoms. The first kappa shape index (κ1) is 35.0. The summed E-state index contributed by atoms with van der Waals surface area (Å²) in [5, 5.41) is 0. The minimum absolute atomic E-state index is 0.438. The van der Waals surface area contributed by atoms with Crippen LogP contribution in [0.1, 0.15) is 6.92 Å². The molecule has 0 aliphatic rings. The first-order valence-electron chi connectivity index (χ1n) is 11.1. The Labute approximate surface area is 231 Å². The van der Waals surface area contributed by atoms with Crippen molar-refractivity contribution < 1.29 is 0 Å². The van der Waals surface area contributed by atoms with Crippen LogP contribution in [-0.4, -0.2) is 220 Å². The van der Waals surface area contributed by atoms with Crippen LogP contribution in [0.15, 0.2) is 0 Å². The minimum Gasteiger partial charge on any atom is -0.0930 e. The van der Waals surface area contributed by atoms with Gasteiger partial charge in [-0.2, -0.15) is 0 Å². The van der Waals surface area contributed by atoms with Crippen LogP contribution < -0.4 is 0 Å². The molecule has 0 aromatic carbocycles. The van der Waals surface area contributed by atoms with E-state index in [-0.39, 0.29) is 0 Å². The van der Waals surface area contributed by atoms with Crippen molar-refractivity contribution in [2.24, 2.45) is 0 Å². The highest BCUT2D eigenvalue weighted by Gasteiger charge is 2.52. The fourth-order valence-corrected chi connectivity index (χ4v) is 5.54. The van der Waals surface area contributed by atoms with Crippen LogP contribution in [0.3, 0.4) is 0 Å². The van der Waals surface area contributed by atoms with E-state index in [9.17, 15) is 0 Å². The molecular formula is C2H5B31. The molecular weight excluding hydrogens is 359 g/mol. The van der Waals surface area contributed by atoms with Crippen molar-refractivity contribution in [2.75, 3.05) is 0 Å². The fourth-order valence-electron chi connectivity index (χ4n) is 5.54. The summed E-state index contributed by atoms with van der Waals surface area (Å²) in [7, 11) is 97.9. The summed E-state index contributed by atoms with van der Waals surface area (Å²) in [6, 6.07) is 0. The van der Waals surface area contributed by atoms with Gasteiger partial charge in [-0.1, -0.05) is 13.2 Å². The van der Waals surface area contributed by atoms with E-state index in [1.807, 2.05) is 6.92 Å². The van der Waals surface area contributed by atoms with E-state index in [0.717, 1.165) is 0 Å². The van der Waals surface area contributed by atoms with Crippen molar-refractivity contribution in [3.63, 3.8) is 0 Å². The second kappa shape index (κ2) is 16.1. The quantitative estimate of drug-likeness (QED) is 0.253. The van der Waals surface area contributed by atoms with Crippen LogP contribution in [0.5, 0.6) is 0 Å². The van der Waals surface area contributed by atoms with Crippen molar-refractivity contribution in [2.45, 2.75) is 13.2 Å². The van der Waals surface area contributed by atoms with Gasteiger partial charge in [-0.25, -0.2) is 0 Å². The number of hydrogen-bond donors (Lipinski definition) is 0. The van der Waals surface area contributed by atoms with Crippen LogP contribution in [0.2, 0.25) is 6.32 Å². The lowest BCUT2D eigenvalue weighted by Crippen LogP contribution is -2.86. The summed E-state index contributed by atoms with van der Waals surface area (Å²) in [6.45, 7) is 1.40. The third-order valence-electron chi connectivity index (χ3n) is 6.79. The van der Waals surface area contributed by atoms with Crippen LogP contribution in [-0.2, 0) is 0 Å². The van der Waals surface area contributed by atoms with Crippen molar-refractivity contribution in [3.8, 4) is 0 Å². The van der Waals surface area contributed by atoms with Crippen LogP contribution in [0.25, 0.3) is 0 Å². The Morgan fingerprint density at radius 2 is 0.455 bits per heavy atom. The molecule has 0 atom stereocenters.